The summed E-state index contributed by atoms with van der Waals surface area (Å²) in [5, 5.41) is 2.99. The molecule has 0 heterocycles. The van der Waals surface area contributed by atoms with Crippen molar-refractivity contribution in [2.24, 2.45) is 0 Å². The Kier molecular flexibility index (Phi) is 7.63. The van der Waals surface area contributed by atoms with Crippen LogP contribution >= 0.6 is 11.8 Å². The van der Waals surface area contributed by atoms with Crippen molar-refractivity contribution in [3.63, 3.8) is 0 Å². The standard InChI is InChI=1S/C24H25NO4S/c1-27-20-14-19(15-21(28-2)23(20)29-3)25-22(26)16-30-24(17-10-6-4-7-11-17)18-12-8-5-9-13-18/h4-15,24H,16H2,1-3H3,(H,25,26). The van der Waals surface area contributed by atoms with E-state index in [1.807, 2.05) is 36.4 Å². The third-order valence-corrected chi connectivity index (χ3v) is 5.84. The summed E-state index contributed by atoms with van der Waals surface area (Å²) in [6.07, 6.45) is 0. The van der Waals surface area contributed by atoms with Crippen LogP contribution in [0.15, 0.2) is 72.8 Å². The van der Waals surface area contributed by atoms with Crippen LogP contribution < -0.4 is 19.5 Å². The molecule has 0 aliphatic rings. The van der Waals surface area contributed by atoms with E-state index in [1.165, 1.54) is 0 Å². The van der Waals surface area contributed by atoms with Crippen molar-refractivity contribution in [3.8, 4) is 17.2 Å². The molecular weight excluding hydrogens is 398 g/mol. The Morgan fingerprint density at radius 1 is 0.833 bits per heavy atom. The Morgan fingerprint density at radius 2 is 1.33 bits per heavy atom. The number of carbonyl (C=O) groups is 1. The number of carbonyl (C=O) groups excluding carboxylic acids is 1. The predicted octanol–water partition coefficient (Wildman–Crippen LogP) is 5.17. The highest BCUT2D eigenvalue weighted by molar-refractivity contribution is 8.00. The minimum absolute atomic E-state index is 0.0677. The molecule has 1 amide bonds. The molecule has 5 nitrogen and oxygen atoms in total. The smallest absolute Gasteiger partial charge is 0.234 e. The molecule has 1 N–H and O–H groups in total. The first-order valence-electron chi connectivity index (χ1n) is 9.47. The van der Waals surface area contributed by atoms with E-state index in [1.54, 1.807) is 45.2 Å². The summed E-state index contributed by atoms with van der Waals surface area (Å²) < 4.78 is 16.0. The Balaban J connectivity index is 1.74. The zero-order valence-corrected chi connectivity index (χ0v) is 18.1. The van der Waals surface area contributed by atoms with E-state index in [9.17, 15) is 4.79 Å². The van der Waals surface area contributed by atoms with Gasteiger partial charge in [0.25, 0.3) is 0 Å². The van der Waals surface area contributed by atoms with E-state index < -0.39 is 0 Å². The van der Waals surface area contributed by atoms with Crippen LogP contribution in [-0.4, -0.2) is 33.0 Å². The second kappa shape index (κ2) is 10.6. The third kappa shape index (κ3) is 5.27. The van der Waals surface area contributed by atoms with Gasteiger partial charge < -0.3 is 19.5 Å². The van der Waals surface area contributed by atoms with Crippen molar-refractivity contribution >= 4 is 23.4 Å². The highest BCUT2D eigenvalue weighted by atomic mass is 32.2. The first-order valence-corrected chi connectivity index (χ1v) is 10.5. The normalized spacial score (nSPS) is 10.5. The number of hydrogen-bond acceptors (Lipinski definition) is 5. The molecule has 156 valence electrons. The van der Waals surface area contributed by atoms with Gasteiger partial charge in [-0.15, -0.1) is 11.8 Å². The number of amides is 1. The van der Waals surface area contributed by atoms with Gasteiger partial charge in [-0.05, 0) is 11.1 Å². The topological polar surface area (TPSA) is 56.8 Å². The highest BCUT2D eigenvalue weighted by Crippen LogP contribution is 2.40. The molecule has 3 aromatic carbocycles. The molecule has 30 heavy (non-hydrogen) atoms. The number of thioether (sulfide) groups is 1. The van der Waals surface area contributed by atoms with Gasteiger partial charge in [0.05, 0.1) is 32.3 Å². The maximum Gasteiger partial charge on any atom is 0.234 e. The number of nitrogens with one attached hydrogen (secondary N) is 1. The van der Waals surface area contributed by atoms with E-state index >= 15 is 0 Å². The molecule has 0 saturated heterocycles. The second-order valence-corrected chi connectivity index (χ2v) is 7.57. The molecule has 6 heteroatoms. The Bertz CT molecular complexity index is 899. The zero-order chi connectivity index (χ0) is 21.3. The molecule has 3 rings (SSSR count). The summed E-state index contributed by atoms with van der Waals surface area (Å²) in [7, 11) is 4.63. The molecule has 0 radical (unpaired) electrons. The first kappa shape index (κ1) is 21.6. The van der Waals surface area contributed by atoms with Crippen LogP contribution in [0.1, 0.15) is 16.4 Å². The van der Waals surface area contributed by atoms with Crippen LogP contribution in [0.5, 0.6) is 17.2 Å². The number of benzene rings is 3. The summed E-state index contributed by atoms with van der Waals surface area (Å²) in [4.78, 5) is 12.7. The van der Waals surface area contributed by atoms with E-state index in [-0.39, 0.29) is 11.2 Å². The minimum atomic E-state index is -0.105. The van der Waals surface area contributed by atoms with E-state index in [4.69, 9.17) is 14.2 Å². The number of ether oxygens (including phenoxy) is 3. The molecule has 0 atom stereocenters. The number of hydrogen-bond donors (Lipinski definition) is 1. The average molecular weight is 424 g/mol. The van der Waals surface area contributed by atoms with Gasteiger partial charge >= 0.3 is 0 Å². The second-order valence-electron chi connectivity index (χ2n) is 6.47. The Morgan fingerprint density at radius 3 is 1.77 bits per heavy atom. The van der Waals surface area contributed by atoms with Crippen molar-refractivity contribution in [2.75, 3.05) is 32.4 Å². The molecule has 0 saturated carbocycles. The summed E-state index contributed by atoms with van der Waals surface area (Å²) in [5.41, 5.74) is 2.91. The first-order chi connectivity index (χ1) is 14.7. The molecule has 0 aliphatic carbocycles. The summed E-state index contributed by atoms with van der Waals surface area (Å²) in [5.74, 6) is 1.66. The molecule has 0 unspecified atom stereocenters. The lowest BCUT2D eigenvalue weighted by Gasteiger charge is -2.18. The third-order valence-electron chi connectivity index (χ3n) is 4.53. The van der Waals surface area contributed by atoms with Crippen molar-refractivity contribution < 1.29 is 19.0 Å². The fraction of sp³-hybridized carbons (Fsp3) is 0.208. The van der Waals surface area contributed by atoms with Gasteiger partial charge in [-0.25, -0.2) is 0 Å². The fourth-order valence-electron chi connectivity index (χ4n) is 3.15. The summed E-state index contributed by atoms with van der Waals surface area (Å²) in [6.45, 7) is 0. The zero-order valence-electron chi connectivity index (χ0n) is 17.3. The lowest BCUT2D eigenvalue weighted by atomic mass is 10.0. The van der Waals surface area contributed by atoms with Crippen LogP contribution in [0.4, 0.5) is 5.69 Å². The van der Waals surface area contributed by atoms with E-state index in [0.29, 0.717) is 28.7 Å². The maximum absolute atomic E-state index is 12.7. The molecule has 0 aromatic heterocycles. The molecular formula is C24H25NO4S. The van der Waals surface area contributed by atoms with Crippen LogP contribution in [0.25, 0.3) is 0 Å². The molecule has 0 aliphatic heterocycles. The predicted molar refractivity (Wildman–Crippen MR) is 122 cm³/mol. The maximum atomic E-state index is 12.7. The van der Waals surface area contributed by atoms with Crippen molar-refractivity contribution in [1.29, 1.82) is 0 Å². The van der Waals surface area contributed by atoms with Crippen molar-refractivity contribution in [1.82, 2.24) is 0 Å². The number of rotatable bonds is 9. The van der Waals surface area contributed by atoms with Gasteiger partial charge in [-0.2, -0.15) is 0 Å². The Hall–Kier alpha value is -3.12. The van der Waals surface area contributed by atoms with Gasteiger partial charge in [-0.3, -0.25) is 4.79 Å². The lowest BCUT2D eigenvalue weighted by molar-refractivity contribution is -0.113. The monoisotopic (exact) mass is 423 g/mol. The van der Waals surface area contributed by atoms with Gasteiger partial charge in [0.2, 0.25) is 11.7 Å². The minimum Gasteiger partial charge on any atom is -0.493 e. The number of methoxy groups -OCH3 is 3. The summed E-state index contributed by atoms with van der Waals surface area (Å²) >= 11 is 1.58. The van der Waals surface area contributed by atoms with Gasteiger partial charge in [0.1, 0.15) is 0 Å². The average Bonchev–Trinajstić information content (AvgIpc) is 2.80. The van der Waals surface area contributed by atoms with E-state index in [2.05, 4.69) is 29.6 Å². The molecule has 0 fully saturated rings. The van der Waals surface area contributed by atoms with E-state index in [0.717, 1.165) is 11.1 Å². The largest absolute Gasteiger partial charge is 0.493 e. The van der Waals surface area contributed by atoms with Gasteiger partial charge in [0, 0.05) is 17.8 Å². The van der Waals surface area contributed by atoms with Crippen LogP contribution in [0, 0.1) is 0 Å². The SMILES string of the molecule is COc1cc(NC(=O)CSC(c2ccccc2)c2ccccc2)cc(OC)c1OC. The quantitative estimate of drug-likeness (QED) is 0.514. The van der Waals surface area contributed by atoms with Crippen molar-refractivity contribution in [2.45, 2.75) is 5.25 Å². The van der Waals surface area contributed by atoms with Gasteiger partial charge in [-0.1, -0.05) is 60.7 Å². The van der Waals surface area contributed by atoms with Crippen LogP contribution in [0.2, 0.25) is 0 Å². The molecule has 0 bridgehead atoms. The van der Waals surface area contributed by atoms with Crippen LogP contribution in [0.3, 0.4) is 0 Å². The fourth-order valence-corrected chi connectivity index (χ4v) is 4.24. The van der Waals surface area contributed by atoms with Crippen molar-refractivity contribution in [3.05, 3.63) is 83.9 Å². The molecule has 3 aromatic rings. The lowest BCUT2D eigenvalue weighted by Crippen LogP contribution is -2.15. The Labute approximate surface area is 181 Å². The highest BCUT2D eigenvalue weighted by Gasteiger charge is 2.18. The van der Waals surface area contributed by atoms with Gasteiger partial charge in [0.15, 0.2) is 11.5 Å². The van der Waals surface area contributed by atoms with Crippen LogP contribution in [-0.2, 0) is 4.79 Å². The number of anilines is 1. The summed E-state index contributed by atoms with van der Waals surface area (Å²) in [6, 6.07) is 23.8. The molecule has 0 spiro atoms.